The maximum Gasteiger partial charge on any atom is 0.265 e. The molecule has 0 radical (unpaired) electrons. The fourth-order valence-corrected chi connectivity index (χ4v) is 3.14. The monoisotopic (exact) mass is 367 g/mol. The first-order valence-corrected chi connectivity index (χ1v) is 8.37. The number of anilines is 1. The van der Waals surface area contributed by atoms with Crippen molar-refractivity contribution in [2.75, 3.05) is 11.9 Å². The van der Waals surface area contributed by atoms with Crippen molar-refractivity contribution in [3.63, 3.8) is 0 Å². The Balaban J connectivity index is 2.13. The molecular formula is C16H18BrNO2S. The Morgan fingerprint density at radius 3 is 2.71 bits per heavy atom. The molecule has 2 rings (SSSR count). The van der Waals surface area contributed by atoms with E-state index in [1.807, 2.05) is 37.3 Å². The molecule has 0 saturated heterocycles. The van der Waals surface area contributed by atoms with E-state index in [9.17, 15) is 4.79 Å². The molecular weight excluding hydrogens is 350 g/mol. The fourth-order valence-electron chi connectivity index (χ4n) is 1.71. The maximum atomic E-state index is 12.3. The standard InChI is InChI=1S/C16H18BrNO2S/c1-10(2)9-20-13-7-5-4-6-12(13)18-16(19)14-8-11(3)15(17)21-14/h4-8,10H,9H2,1-3H3,(H,18,19). The minimum Gasteiger partial charge on any atom is -0.491 e. The van der Waals surface area contributed by atoms with Crippen molar-refractivity contribution in [3.8, 4) is 5.75 Å². The number of carbonyl (C=O) groups is 1. The Kier molecular flexibility index (Phi) is 5.42. The third-order valence-corrected chi connectivity index (χ3v) is 4.92. The number of para-hydroxylation sites is 2. The minimum absolute atomic E-state index is 0.116. The SMILES string of the molecule is Cc1cc(C(=O)Nc2ccccc2OCC(C)C)sc1Br. The molecule has 0 saturated carbocycles. The molecule has 5 heteroatoms. The third kappa shape index (κ3) is 4.32. The summed E-state index contributed by atoms with van der Waals surface area (Å²) in [5, 5.41) is 2.92. The second-order valence-corrected chi connectivity index (χ2v) is 7.59. The van der Waals surface area contributed by atoms with Crippen LogP contribution in [0.1, 0.15) is 29.1 Å². The molecule has 0 spiro atoms. The summed E-state index contributed by atoms with van der Waals surface area (Å²) in [6.07, 6.45) is 0. The highest BCUT2D eigenvalue weighted by molar-refractivity contribution is 9.11. The topological polar surface area (TPSA) is 38.3 Å². The van der Waals surface area contributed by atoms with Gasteiger partial charge in [-0.25, -0.2) is 0 Å². The van der Waals surface area contributed by atoms with E-state index in [1.54, 1.807) is 0 Å². The van der Waals surface area contributed by atoms with E-state index < -0.39 is 0 Å². The van der Waals surface area contributed by atoms with Crippen molar-refractivity contribution < 1.29 is 9.53 Å². The zero-order valence-corrected chi connectivity index (χ0v) is 14.7. The molecule has 0 aliphatic heterocycles. The highest BCUT2D eigenvalue weighted by atomic mass is 79.9. The molecule has 3 nitrogen and oxygen atoms in total. The van der Waals surface area contributed by atoms with Crippen LogP contribution in [-0.2, 0) is 0 Å². The Hall–Kier alpha value is -1.33. The highest BCUT2D eigenvalue weighted by Crippen LogP contribution is 2.29. The molecule has 21 heavy (non-hydrogen) atoms. The third-order valence-electron chi connectivity index (χ3n) is 2.79. The van der Waals surface area contributed by atoms with Gasteiger partial charge in [-0.2, -0.15) is 0 Å². The summed E-state index contributed by atoms with van der Waals surface area (Å²) < 4.78 is 6.73. The van der Waals surface area contributed by atoms with Gasteiger partial charge in [0.25, 0.3) is 5.91 Å². The summed E-state index contributed by atoms with van der Waals surface area (Å²) in [5.74, 6) is 1.02. The van der Waals surface area contributed by atoms with Gasteiger partial charge in [0.1, 0.15) is 5.75 Å². The molecule has 0 bridgehead atoms. The van der Waals surface area contributed by atoms with E-state index in [4.69, 9.17) is 4.74 Å². The molecule has 0 unspecified atom stereocenters. The first-order chi connectivity index (χ1) is 9.97. The lowest BCUT2D eigenvalue weighted by molar-refractivity contribution is 0.103. The second kappa shape index (κ2) is 7.09. The Morgan fingerprint density at radius 2 is 2.10 bits per heavy atom. The number of thiophene rings is 1. The lowest BCUT2D eigenvalue weighted by Gasteiger charge is -2.13. The molecule has 2 aromatic rings. The van der Waals surface area contributed by atoms with Gasteiger partial charge in [-0.05, 0) is 52.5 Å². The van der Waals surface area contributed by atoms with Crippen LogP contribution in [0.25, 0.3) is 0 Å². The van der Waals surface area contributed by atoms with Crippen LogP contribution < -0.4 is 10.1 Å². The summed E-state index contributed by atoms with van der Waals surface area (Å²) >= 11 is 4.87. The van der Waals surface area contributed by atoms with Gasteiger partial charge in [0.2, 0.25) is 0 Å². The first-order valence-electron chi connectivity index (χ1n) is 6.76. The number of ether oxygens (including phenoxy) is 1. The molecule has 1 N–H and O–H groups in total. The van der Waals surface area contributed by atoms with Gasteiger partial charge < -0.3 is 10.1 Å². The zero-order chi connectivity index (χ0) is 15.4. The summed E-state index contributed by atoms with van der Waals surface area (Å²) in [4.78, 5) is 13.0. The molecule has 0 atom stereocenters. The summed E-state index contributed by atoms with van der Waals surface area (Å²) in [6, 6.07) is 9.38. The smallest absolute Gasteiger partial charge is 0.265 e. The average Bonchev–Trinajstić information content (AvgIpc) is 2.78. The van der Waals surface area contributed by atoms with E-state index in [1.165, 1.54) is 11.3 Å². The summed E-state index contributed by atoms with van der Waals surface area (Å²) in [7, 11) is 0. The molecule has 0 fully saturated rings. The largest absolute Gasteiger partial charge is 0.491 e. The van der Waals surface area contributed by atoms with Crippen LogP contribution in [0.2, 0.25) is 0 Å². The van der Waals surface area contributed by atoms with Gasteiger partial charge in [-0.15, -0.1) is 11.3 Å². The number of aryl methyl sites for hydroxylation is 1. The zero-order valence-electron chi connectivity index (χ0n) is 12.3. The number of benzene rings is 1. The Labute approximate surface area is 137 Å². The number of rotatable bonds is 5. The van der Waals surface area contributed by atoms with Crippen LogP contribution in [0.3, 0.4) is 0 Å². The number of amides is 1. The molecule has 112 valence electrons. The summed E-state index contributed by atoms with van der Waals surface area (Å²) in [6.45, 7) is 6.77. The van der Waals surface area contributed by atoms with Crippen LogP contribution in [-0.4, -0.2) is 12.5 Å². The second-order valence-electron chi connectivity index (χ2n) is 5.22. The molecule has 0 aliphatic rings. The minimum atomic E-state index is -0.116. The van der Waals surface area contributed by atoms with Gasteiger partial charge in [-0.3, -0.25) is 4.79 Å². The van der Waals surface area contributed by atoms with Crippen molar-refractivity contribution in [2.24, 2.45) is 5.92 Å². The van der Waals surface area contributed by atoms with Gasteiger partial charge >= 0.3 is 0 Å². The number of hydrogen-bond donors (Lipinski definition) is 1. The highest BCUT2D eigenvalue weighted by Gasteiger charge is 2.13. The molecule has 1 aromatic carbocycles. The van der Waals surface area contributed by atoms with Crippen LogP contribution in [0.15, 0.2) is 34.1 Å². The molecule has 1 aromatic heterocycles. The van der Waals surface area contributed by atoms with Crippen LogP contribution in [0.5, 0.6) is 5.75 Å². The molecule has 1 heterocycles. The van der Waals surface area contributed by atoms with Crippen molar-refractivity contribution in [1.82, 2.24) is 0 Å². The number of carbonyl (C=O) groups excluding carboxylic acids is 1. The van der Waals surface area contributed by atoms with E-state index in [-0.39, 0.29) is 5.91 Å². The fraction of sp³-hybridized carbons (Fsp3) is 0.312. The quantitative estimate of drug-likeness (QED) is 0.797. The maximum absolute atomic E-state index is 12.3. The Morgan fingerprint density at radius 1 is 1.38 bits per heavy atom. The number of nitrogens with one attached hydrogen (secondary N) is 1. The van der Waals surface area contributed by atoms with Gasteiger partial charge in [0.05, 0.1) is 21.0 Å². The van der Waals surface area contributed by atoms with Crippen LogP contribution in [0.4, 0.5) is 5.69 Å². The lowest BCUT2D eigenvalue weighted by Crippen LogP contribution is -2.12. The summed E-state index contributed by atoms with van der Waals surface area (Å²) in [5.41, 5.74) is 1.76. The van der Waals surface area contributed by atoms with Crippen molar-refractivity contribution in [2.45, 2.75) is 20.8 Å². The van der Waals surface area contributed by atoms with Crippen molar-refractivity contribution in [3.05, 3.63) is 44.6 Å². The van der Waals surface area contributed by atoms with E-state index in [2.05, 4.69) is 35.1 Å². The molecule has 1 amide bonds. The van der Waals surface area contributed by atoms with Crippen LogP contribution in [0, 0.1) is 12.8 Å². The van der Waals surface area contributed by atoms with Crippen molar-refractivity contribution in [1.29, 1.82) is 0 Å². The van der Waals surface area contributed by atoms with Gasteiger partial charge in [0.15, 0.2) is 0 Å². The van der Waals surface area contributed by atoms with Crippen molar-refractivity contribution >= 4 is 38.9 Å². The number of hydrogen-bond acceptors (Lipinski definition) is 3. The van der Waals surface area contributed by atoms with Gasteiger partial charge in [0, 0.05) is 0 Å². The van der Waals surface area contributed by atoms with Gasteiger partial charge in [-0.1, -0.05) is 26.0 Å². The van der Waals surface area contributed by atoms with E-state index in [0.29, 0.717) is 28.8 Å². The Bertz CT molecular complexity index is 617. The van der Waals surface area contributed by atoms with Crippen LogP contribution >= 0.6 is 27.3 Å². The lowest BCUT2D eigenvalue weighted by atomic mass is 10.2. The molecule has 0 aliphatic carbocycles. The van der Waals surface area contributed by atoms with E-state index >= 15 is 0 Å². The average molecular weight is 368 g/mol. The first kappa shape index (κ1) is 16.0. The predicted molar refractivity (Wildman–Crippen MR) is 91.5 cm³/mol. The number of halogens is 1. The van der Waals surface area contributed by atoms with E-state index in [0.717, 1.165) is 9.35 Å². The normalized spacial score (nSPS) is 10.7. The predicted octanol–water partition coefficient (Wildman–Crippen LogP) is 5.11.